The van der Waals surface area contributed by atoms with Crippen LogP contribution in [0.4, 0.5) is 5.69 Å². The summed E-state index contributed by atoms with van der Waals surface area (Å²) in [5, 5.41) is 10.7. The molecule has 0 bridgehead atoms. The summed E-state index contributed by atoms with van der Waals surface area (Å²) in [6.45, 7) is 0.711. The third-order valence-corrected chi connectivity index (χ3v) is 2.60. The Labute approximate surface area is 89.9 Å². The number of anilines is 1. The van der Waals surface area contributed by atoms with Crippen molar-refractivity contribution < 1.29 is 0 Å². The number of nitrogens with zero attached hydrogens (tertiary/aromatic N) is 1. The molecule has 0 spiro atoms. The maximum atomic E-state index is 7.61. The Bertz CT molecular complexity index is 403. The van der Waals surface area contributed by atoms with Gasteiger partial charge in [0.2, 0.25) is 0 Å². The smallest absolute Gasteiger partial charge is 0.0592 e. The first-order valence-electron chi connectivity index (χ1n) is 4.99. The van der Waals surface area contributed by atoms with Crippen LogP contribution in [0.3, 0.4) is 0 Å². The van der Waals surface area contributed by atoms with Crippen molar-refractivity contribution in [2.45, 2.75) is 0 Å². The van der Waals surface area contributed by atoms with Gasteiger partial charge in [0.25, 0.3) is 0 Å². The Morgan fingerprint density at radius 3 is 2.40 bits per heavy atom. The molecule has 0 aliphatic carbocycles. The average Bonchev–Trinajstić information content (AvgIpc) is 2.58. The first-order valence-corrected chi connectivity index (χ1v) is 4.99. The van der Waals surface area contributed by atoms with Gasteiger partial charge < -0.3 is 15.6 Å². The summed E-state index contributed by atoms with van der Waals surface area (Å²) >= 11 is 0. The van der Waals surface area contributed by atoms with Gasteiger partial charge in [0.1, 0.15) is 0 Å². The minimum absolute atomic E-state index is 0.671. The van der Waals surface area contributed by atoms with E-state index in [1.807, 2.05) is 32.3 Å². The van der Waals surface area contributed by atoms with Gasteiger partial charge in [-0.15, -0.1) is 0 Å². The molecule has 3 heteroatoms. The Hall–Kier alpha value is -1.77. The fourth-order valence-corrected chi connectivity index (χ4v) is 1.77. The molecule has 1 heterocycles. The highest BCUT2D eigenvalue weighted by Crippen LogP contribution is 2.23. The van der Waals surface area contributed by atoms with Crippen LogP contribution in [-0.4, -0.2) is 31.3 Å². The third-order valence-electron chi connectivity index (χ3n) is 2.60. The lowest BCUT2D eigenvalue weighted by Gasteiger charge is -2.15. The van der Waals surface area contributed by atoms with Gasteiger partial charge in [-0.25, -0.2) is 0 Å². The molecular formula is C12H15N3. The van der Waals surface area contributed by atoms with Gasteiger partial charge in [-0.05, 0) is 23.8 Å². The molecule has 1 aliphatic rings. The Morgan fingerprint density at radius 2 is 1.93 bits per heavy atom. The molecule has 2 N–H and O–H groups in total. The number of nitrogens with one attached hydrogen (secondary N) is 2. The molecule has 1 aromatic carbocycles. The van der Waals surface area contributed by atoms with E-state index in [4.69, 9.17) is 5.41 Å². The van der Waals surface area contributed by atoms with E-state index >= 15 is 0 Å². The van der Waals surface area contributed by atoms with Crippen LogP contribution >= 0.6 is 0 Å². The van der Waals surface area contributed by atoms with Gasteiger partial charge in [0.15, 0.2) is 0 Å². The van der Waals surface area contributed by atoms with Crippen LogP contribution in [0.25, 0.3) is 5.70 Å². The number of hydrogen-bond donors (Lipinski definition) is 2. The standard InChI is InChI=1S/C12H15N3/c1-14-11-5-3-9(4-6-11)12-7-10(13)8-15(12)2/h3-7,13-14H,8H2,1-2H3. The fourth-order valence-electron chi connectivity index (χ4n) is 1.77. The van der Waals surface area contributed by atoms with Crippen molar-refractivity contribution in [3.63, 3.8) is 0 Å². The van der Waals surface area contributed by atoms with Gasteiger partial charge in [-0.1, -0.05) is 12.1 Å². The van der Waals surface area contributed by atoms with Gasteiger partial charge >= 0.3 is 0 Å². The minimum atomic E-state index is 0.671. The van der Waals surface area contributed by atoms with Crippen LogP contribution < -0.4 is 5.32 Å². The predicted molar refractivity (Wildman–Crippen MR) is 64.3 cm³/mol. The molecule has 1 aromatic rings. The maximum Gasteiger partial charge on any atom is 0.0592 e. The van der Waals surface area contributed by atoms with Crippen LogP contribution in [0.5, 0.6) is 0 Å². The van der Waals surface area contributed by atoms with E-state index < -0.39 is 0 Å². The SMILES string of the molecule is CNc1ccc(C2=CC(=N)CN2C)cc1. The van der Waals surface area contributed by atoms with Gasteiger partial charge in [-0.3, -0.25) is 0 Å². The zero-order valence-electron chi connectivity index (χ0n) is 9.04. The van der Waals surface area contributed by atoms with E-state index in [0.717, 1.165) is 11.4 Å². The molecule has 0 unspecified atom stereocenters. The molecule has 0 radical (unpaired) electrons. The van der Waals surface area contributed by atoms with E-state index in [9.17, 15) is 0 Å². The second kappa shape index (κ2) is 3.77. The van der Waals surface area contributed by atoms with E-state index in [-0.39, 0.29) is 0 Å². The van der Waals surface area contributed by atoms with E-state index in [0.29, 0.717) is 12.3 Å². The van der Waals surface area contributed by atoms with E-state index in [1.54, 1.807) is 0 Å². The highest BCUT2D eigenvalue weighted by Gasteiger charge is 2.15. The summed E-state index contributed by atoms with van der Waals surface area (Å²) in [6.07, 6.45) is 1.92. The summed E-state index contributed by atoms with van der Waals surface area (Å²) in [6, 6.07) is 8.25. The number of rotatable bonds is 2. The molecule has 1 aliphatic heterocycles. The Morgan fingerprint density at radius 1 is 1.27 bits per heavy atom. The van der Waals surface area contributed by atoms with Crippen molar-refractivity contribution in [1.82, 2.24) is 4.90 Å². The maximum absolute atomic E-state index is 7.61. The monoisotopic (exact) mass is 201 g/mol. The van der Waals surface area contributed by atoms with Crippen molar-refractivity contribution in [3.8, 4) is 0 Å². The summed E-state index contributed by atoms with van der Waals surface area (Å²) in [5.74, 6) is 0. The lowest BCUT2D eigenvalue weighted by atomic mass is 10.1. The molecule has 0 aromatic heterocycles. The van der Waals surface area contributed by atoms with Crippen LogP contribution in [-0.2, 0) is 0 Å². The number of benzene rings is 1. The van der Waals surface area contributed by atoms with Gasteiger partial charge in [0.05, 0.1) is 12.3 Å². The highest BCUT2D eigenvalue weighted by molar-refractivity contribution is 6.04. The normalized spacial score (nSPS) is 15.5. The molecule has 0 saturated heterocycles. The molecule has 0 fully saturated rings. The van der Waals surface area contributed by atoms with Crippen molar-refractivity contribution in [2.24, 2.45) is 0 Å². The largest absolute Gasteiger partial charge is 0.388 e. The molecule has 0 amide bonds. The van der Waals surface area contributed by atoms with E-state index in [2.05, 4.69) is 22.3 Å². The number of hydrogen-bond acceptors (Lipinski definition) is 3. The zero-order valence-corrected chi connectivity index (χ0v) is 9.04. The Balaban J connectivity index is 2.30. The van der Waals surface area contributed by atoms with Crippen LogP contribution in [0.15, 0.2) is 30.3 Å². The zero-order chi connectivity index (χ0) is 10.8. The predicted octanol–water partition coefficient (Wildman–Crippen LogP) is 2.03. The van der Waals surface area contributed by atoms with Crippen molar-refractivity contribution in [1.29, 1.82) is 5.41 Å². The summed E-state index contributed by atoms with van der Waals surface area (Å²) in [4.78, 5) is 2.09. The highest BCUT2D eigenvalue weighted by atomic mass is 15.1. The molecule has 78 valence electrons. The summed E-state index contributed by atoms with van der Waals surface area (Å²) in [5.41, 5.74) is 4.07. The molecule has 3 nitrogen and oxygen atoms in total. The third kappa shape index (κ3) is 1.86. The molecule has 0 atom stereocenters. The molecule has 2 rings (SSSR count). The van der Waals surface area contributed by atoms with Crippen molar-refractivity contribution in [2.75, 3.05) is 26.0 Å². The van der Waals surface area contributed by atoms with Gasteiger partial charge in [0, 0.05) is 25.5 Å². The van der Waals surface area contributed by atoms with Crippen molar-refractivity contribution in [3.05, 3.63) is 35.9 Å². The second-order valence-electron chi connectivity index (χ2n) is 3.74. The van der Waals surface area contributed by atoms with Crippen LogP contribution in [0, 0.1) is 5.41 Å². The fraction of sp³-hybridized carbons (Fsp3) is 0.250. The Kier molecular flexibility index (Phi) is 2.46. The lowest BCUT2D eigenvalue weighted by molar-refractivity contribution is 0.564. The molecule has 15 heavy (non-hydrogen) atoms. The minimum Gasteiger partial charge on any atom is -0.388 e. The molecule has 0 saturated carbocycles. The van der Waals surface area contributed by atoms with Gasteiger partial charge in [-0.2, -0.15) is 0 Å². The van der Waals surface area contributed by atoms with Crippen LogP contribution in [0.1, 0.15) is 5.56 Å². The average molecular weight is 201 g/mol. The van der Waals surface area contributed by atoms with Crippen LogP contribution in [0.2, 0.25) is 0 Å². The first kappa shape index (κ1) is 9.77. The second-order valence-corrected chi connectivity index (χ2v) is 3.74. The summed E-state index contributed by atoms with van der Waals surface area (Å²) < 4.78 is 0. The quantitative estimate of drug-likeness (QED) is 0.768. The lowest BCUT2D eigenvalue weighted by Crippen LogP contribution is -2.15. The topological polar surface area (TPSA) is 39.1 Å². The van der Waals surface area contributed by atoms with E-state index in [1.165, 1.54) is 5.56 Å². The van der Waals surface area contributed by atoms with Crippen molar-refractivity contribution >= 4 is 17.1 Å². The first-order chi connectivity index (χ1) is 7.20. The molecular weight excluding hydrogens is 186 g/mol. The summed E-state index contributed by atoms with van der Waals surface area (Å²) in [7, 11) is 3.92.